The number of aromatic nitrogens is 2. The summed E-state index contributed by atoms with van der Waals surface area (Å²) < 4.78 is 16.7. The molecule has 0 radical (unpaired) electrons. The van der Waals surface area contributed by atoms with E-state index in [9.17, 15) is 4.79 Å². The molecule has 1 aliphatic rings. The van der Waals surface area contributed by atoms with Gasteiger partial charge in [0.1, 0.15) is 5.60 Å². The van der Waals surface area contributed by atoms with Gasteiger partial charge in [-0.3, -0.25) is 0 Å². The fourth-order valence-corrected chi connectivity index (χ4v) is 4.32. The Morgan fingerprint density at radius 1 is 1.06 bits per heavy atom. The fourth-order valence-electron chi connectivity index (χ4n) is 4.32. The summed E-state index contributed by atoms with van der Waals surface area (Å²) in [7, 11) is 0. The minimum Gasteiger partial charge on any atom is -0.444 e. The Labute approximate surface area is 210 Å². The Kier molecular flexibility index (Phi) is 10.6. The first kappa shape index (κ1) is 27.2. The van der Waals surface area contributed by atoms with Gasteiger partial charge in [-0.15, -0.1) is 0 Å². The van der Waals surface area contributed by atoms with E-state index in [1.807, 2.05) is 20.8 Å². The summed E-state index contributed by atoms with van der Waals surface area (Å²) in [4.78, 5) is 18.9. The molecule has 1 aliphatic heterocycles. The smallest absolute Gasteiger partial charge is 0.410 e. The number of rotatable bonds is 12. The zero-order valence-electron chi connectivity index (χ0n) is 22.1. The van der Waals surface area contributed by atoms with Gasteiger partial charge < -0.3 is 18.9 Å². The van der Waals surface area contributed by atoms with Gasteiger partial charge in [0.25, 0.3) is 0 Å². The van der Waals surface area contributed by atoms with Crippen LogP contribution < -0.4 is 0 Å². The predicted octanol–water partition coefficient (Wildman–Crippen LogP) is 6.60. The lowest BCUT2D eigenvalue weighted by Gasteiger charge is -2.36. The number of aryl methyl sites for hydroxylation is 1. The maximum atomic E-state index is 12.6. The highest BCUT2D eigenvalue weighted by atomic mass is 16.6. The number of carbonyl (C=O) groups excluding carboxylic acids is 1. The van der Waals surface area contributed by atoms with Gasteiger partial charge in [-0.25, -0.2) is 4.79 Å². The van der Waals surface area contributed by atoms with Crippen molar-refractivity contribution in [1.82, 2.24) is 15.0 Å². The van der Waals surface area contributed by atoms with Gasteiger partial charge in [-0.05, 0) is 39.2 Å². The van der Waals surface area contributed by atoms with E-state index in [1.54, 1.807) is 4.90 Å². The van der Waals surface area contributed by atoms with E-state index in [0.717, 1.165) is 12.0 Å². The molecule has 3 rings (SSSR count). The molecule has 1 amide bonds. The molecule has 0 spiro atoms. The van der Waals surface area contributed by atoms with E-state index in [0.29, 0.717) is 37.9 Å². The highest BCUT2D eigenvalue weighted by Crippen LogP contribution is 2.21. The van der Waals surface area contributed by atoms with Crippen molar-refractivity contribution in [2.45, 2.75) is 104 Å². The van der Waals surface area contributed by atoms with Crippen LogP contribution in [-0.2, 0) is 22.3 Å². The van der Waals surface area contributed by atoms with Crippen molar-refractivity contribution in [3.05, 3.63) is 35.7 Å². The summed E-state index contributed by atoms with van der Waals surface area (Å²) in [6.07, 6.45) is 11.9. The molecule has 0 aliphatic carbocycles. The lowest BCUT2D eigenvalue weighted by atomic mass is 10.0. The zero-order valence-corrected chi connectivity index (χ0v) is 22.1. The van der Waals surface area contributed by atoms with Gasteiger partial charge in [0.05, 0.1) is 19.3 Å². The lowest BCUT2D eigenvalue weighted by molar-refractivity contribution is -0.0333. The van der Waals surface area contributed by atoms with E-state index in [2.05, 4.69) is 41.3 Å². The number of morpholine rings is 1. The average Bonchev–Trinajstić information content (AvgIpc) is 3.29. The quantitative estimate of drug-likeness (QED) is 0.315. The van der Waals surface area contributed by atoms with Gasteiger partial charge in [-0.1, -0.05) is 81.3 Å². The van der Waals surface area contributed by atoms with Gasteiger partial charge in [-0.2, -0.15) is 4.98 Å². The summed E-state index contributed by atoms with van der Waals surface area (Å²) in [6.45, 7) is 9.27. The molecule has 2 heterocycles. The minimum absolute atomic E-state index is 0.194. The summed E-state index contributed by atoms with van der Waals surface area (Å²) in [5.74, 6) is 1.06. The van der Waals surface area contributed by atoms with Crippen LogP contribution >= 0.6 is 0 Å². The largest absolute Gasteiger partial charge is 0.444 e. The van der Waals surface area contributed by atoms with Gasteiger partial charge in [0.15, 0.2) is 0 Å². The molecule has 0 bridgehead atoms. The molecule has 2 aromatic rings. The monoisotopic (exact) mass is 485 g/mol. The van der Waals surface area contributed by atoms with Crippen LogP contribution in [0.4, 0.5) is 4.79 Å². The van der Waals surface area contributed by atoms with Crippen LogP contribution in [0.2, 0.25) is 0 Å². The number of hydrogen-bond donors (Lipinski definition) is 0. The zero-order chi connectivity index (χ0) is 25.1. The molecule has 194 valence electrons. The maximum Gasteiger partial charge on any atom is 0.410 e. The molecular weight excluding hydrogens is 442 g/mol. The number of amides is 1. The van der Waals surface area contributed by atoms with Crippen LogP contribution in [0.1, 0.15) is 90.5 Å². The van der Waals surface area contributed by atoms with Crippen LogP contribution in [0.3, 0.4) is 0 Å². The van der Waals surface area contributed by atoms with Crippen LogP contribution in [0, 0.1) is 0 Å². The van der Waals surface area contributed by atoms with Crippen LogP contribution in [0.5, 0.6) is 0 Å². The average molecular weight is 486 g/mol. The molecular formula is C28H43N3O4. The van der Waals surface area contributed by atoms with E-state index in [-0.39, 0.29) is 12.1 Å². The molecule has 0 saturated carbocycles. The molecule has 7 heteroatoms. The first-order valence-electron chi connectivity index (χ1n) is 13.3. The van der Waals surface area contributed by atoms with Gasteiger partial charge in [0, 0.05) is 18.5 Å². The summed E-state index contributed by atoms with van der Waals surface area (Å²) in [6, 6.07) is 8.25. The Balaban J connectivity index is 1.47. The van der Waals surface area contributed by atoms with E-state index in [4.69, 9.17) is 14.0 Å². The number of hydrogen-bond acceptors (Lipinski definition) is 6. The molecule has 1 saturated heterocycles. The van der Waals surface area contributed by atoms with E-state index >= 15 is 0 Å². The number of benzene rings is 1. The minimum atomic E-state index is -0.544. The normalized spacial score (nSPS) is 16.5. The van der Waals surface area contributed by atoms with Crippen molar-refractivity contribution in [1.29, 1.82) is 0 Å². The molecule has 1 aromatic heterocycles. The maximum absolute atomic E-state index is 12.6. The number of carbonyl (C=O) groups is 1. The van der Waals surface area contributed by atoms with Crippen molar-refractivity contribution in [2.75, 3.05) is 19.8 Å². The van der Waals surface area contributed by atoms with Crippen molar-refractivity contribution in [2.24, 2.45) is 0 Å². The molecule has 1 fully saturated rings. The molecule has 35 heavy (non-hydrogen) atoms. The van der Waals surface area contributed by atoms with E-state index in [1.165, 1.54) is 56.9 Å². The van der Waals surface area contributed by atoms with Gasteiger partial charge >= 0.3 is 6.09 Å². The molecule has 1 atom stereocenters. The molecule has 0 N–H and O–H groups in total. The first-order chi connectivity index (χ1) is 16.9. The first-order valence-corrected chi connectivity index (χ1v) is 13.3. The molecule has 7 nitrogen and oxygen atoms in total. The third kappa shape index (κ3) is 9.28. The Hall–Kier alpha value is -2.41. The second kappa shape index (κ2) is 13.6. The van der Waals surface area contributed by atoms with Crippen LogP contribution in [0.15, 0.2) is 28.8 Å². The van der Waals surface area contributed by atoms with Gasteiger partial charge in [0.2, 0.25) is 11.7 Å². The summed E-state index contributed by atoms with van der Waals surface area (Å²) in [5, 5.41) is 4.17. The Morgan fingerprint density at radius 3 is 2.43 bits per heavy atom. The predicted molar refractivity (Wildman–Crippen MR) is 137 cm³/mol. The fraction of sp³-hybridized carbons (Fsp3) is 0.679. The highest BCUT2D eigenvalue weighted by Gasteiger charge is 2.32. The standard InChI is InChI=1S/C28H43N3O4/c1-5-6-7-8-9-10-11-12-13-22-14-16-23(17-15-22)26-29-25(35-30-26)20-24-21-33-19-18-31(24)27(32)34-28(2,3)4/h14-17,24H,5-13,18-21H2,1-4H3. The van der Waals surface area contributed by atoms with Crippen molar-refractivity contribution in [3.8, 4) is 11.4 Å². The van der Waals surface area contributed by atoms with Crippen molar-refractivity contribution in [3.63, 3.8) is 0 Å². The number of unbranched alkanes of at least 4 members (excludes halogenated alkanes) is 7. The third-order valence-corrected chi connectivity index (χ3v) is 6.27. The number of nitrogens with zero attached hydrogens (tertiary/aromatic N) is 3. The van der Waals surface area contributed by atoms with Crippen LogP contribution in [0.25, 0.3) is 11.4 Å². The van der Waals surface area contributed by atoms with Crippen molar-refractivity contribution < 1.29 is 18.8 Å². The molecule has 1 unspecified atom stereocenters. The summed E-state index contributed by atoms with van der Waals surface area (Å²) in [5.41, 5.74) is 1.73. The second-order valence-corrected chi connectivity index (χ2v) is 10.5. The summed E-state index contributed by atoms with van der Waals surface area (Å²) >= 11 is 0. The lowest BCUT2D eigenvalue weighted by Crippen LogP contribution is -2.51. The topological polar surface area (TPSA) is 77.7 Å². The highest BCUT2D eigenvalue weighted by molar-refractivity contribution is 5.68. The molecule has 1 aromatic carbocycles. The third-order valence-electron chi connectivity index (χ3n) is 6.27. The van der Waals surface area contributed by atoms with Crippen LogP contribution in [-0.4, -0.2) is 52.5 Å². The van der Waals surface area contributed by atoms with Crippen molar-refractivity contribution >= 4 is 6.09 Å². The number of ether oxygens (including phenoxy) is 2. The Bertz CT molecular complexity index is 888. The SMILES string of the molecule is CCCCCCCCCCc1ccc(-c2noc(CC3COCCN3C(=O)OC(C)(C)C)n2)cc1. The van der Waals surface area contributed by atoms with E-state index < -0.39 is 5.60 Å². The second-order valence-electron chi connectivity index (χ2n) is 10.5. The Morgan fingerprint density at radius 2 is 1.74 bits per heavy atom.